The molecule has 0 saturated carbocycles. The predicted octanol–water partition coefficient (Wildman–Crippen LogP) is 3.66. The molecule has 0 aromatic heterocycles. The van der Waals surface area contributed by atoms with Crippen LogP contribution < -0.4 is 15.4 Å². The number of esters is 1. The third kappa shape index (κ3) is 9.98. The molecular weight excluding hydrogens is 352 g/mol. The highest BCUT2D eigenvalue weighted by Crippen LogP contribution is 2.16. The number of benzene rings is 1. The number of nitrogens with one attached hydrogen (secondary N) is 2. The Hall–Kier alpha value is -2.15. The van der Waals surface area contributed by atoms with Gasteiger partial charge in [-0.15, -0.1) is 0 Å². The lowest BCUT2D eigenvalue weighted by molar-refractivity contribution is -0.144. The number of anilines is 1. The largest absolute Gasteiger partial charge is 0.494 e. The average molecular weight is 381 g/mol. The van der Waals surface area contributed by atoms with E-state index in [4.69, 9.17) is 21.7 Å². The van der Waals surface area contributed by atoms with E-state index in [1.165, 1.54) is 0 Å². The van der Waals surface area contributed by atoms with Gasteiger partial charge in [0.05, 0.1) is 19.6 Å². The van der Waals surface area contributed by atoms with Crippen molar-refractivity contribution in [3.8, 4) is 5.75 Å². The quantitative estimate of drug-likeness (QED) is 0.477. The maximum atomic E-state index is 11.8. The number of hydrogen-bond acceptors (Lipinski definition) is 5. The van der Waals surface area contributed by atoms with E-state index in [1.54, 1.807) is 0 Å². The van der Waals surface area contributed by atoms with E-state index in [1.807, 2.05) is 31.2 Å². The molecule has 1 aromatic rings. The summed E-state index contributed by atoms with van der Waals surface area (Å²) < 4.78 is 10.6. The molecule has 1 amide bonds. The highest BCUT2D eigenvalue weighted by molar-refractivity contribution is 7.80. The van der Waals surface area contributed by atoms with Crippen LogP contribution in [0.3, 0.4) is 0 Å². The molecule has 0 spiro atoms. The van der Waals surface area contributed by atoms with Crippen molar-refractivity contribution in [1.82, 2.24) is 5.32 Å². The Bertz CT molecular complexity index is 588. The van der Waals surface area contributed by atoms with Crippen LogP contribution in [0.15, 0.2) is 24.3 Å². The fourth-order valence-electron chi connectivity index (χ4n) is 1.90. The summed E-state index contributed by atoms with van der Waals surface area (Å²) in [5.41, 5.74) is 0.744. The number of rotatable bonds is 10. The molecular formula is C19H28N2O4S. The second kappa shape index (κ2) is 12.2. The molecule has 0 heterocycles. The van der Waals surface area contributed by atoms with Crippen LogP contribution in [0.2, 0.25) is 0 Å². The van der Waals surface area contributed by atoms with Gasteiger partial charge in [-0.25, -0.2) is 0 Å². The van der Waals surface area contributed by atoms with E-state index in [0.29, 0.717) is 19.1 Å². The van der Waals surface area contributed by atoms with Crippen molar-refractivity contribution in [3.63, 3.8) is 0 Å². The minimum Gasteiger partial charge on any atom is -0.494 e. The van der Waals surface area contributed by atoms with Crippen LogP contribution in [0.4, 0.5) is 5.69 Å². The van der Waals surface area contributed by atoms with Crippen molar-refractivity contribution in [2.24, 2.45) is 5.92 Å². The summed E-state index contributed by atoms with van der Waals surface area (Å²) in [5.74, 6) is 0.681. The molecule has 0 aliphatic heterocycles. The zero-order chi connectivity index (χ0) is 19.4. The Morgan fingerprint density at radius 2 is 1.81 bits per heavy atom. The van der Waals surface area contributed by atoms with Gasteiger partial charge in [-0.3, -0.25) is 9.59 Å². The normalized spacial score (nSPS) is 10.3. The SMILES string of the molecule is CCCOC(=O)CCC(=O)NC(=S)Nc1ccc(OCCC(C)C)cc1. The topological polar surface area (TPSA) is 76.7 Å². The monoisotopic (exact) mass is 380 g/mol. The summed E-state index contributed by atoms with van der Waals surface area (Å²) in [6.07, 6.45) is 1.83. The maximum absolute atomic E-state index is 11.8. The smallest absolute Gasteiger partial charge is 0.306 e. The predicted molar refractivity (Wildman–Crippen MR) is 106 cm³/mol. The molecule has 0 atom stereocenters. The average Bonchev–Trinajstić information content (AvgIpc) is 2.59. The van der Waals surface area contributed by atoms with E-state index in [0.717, 1.165) is 24.3 Å². The Kier molecular flexibility index (Phi) is 10.3. The molecule has 0 radical (unpaired) electrons. The molecule has 1 rings (SSSR count). The molecule has 6 nitrogen and oxygen atoms in total. The lowest BCUT2D eigenvalue weighted by Crippen LogP contribution is -2.34. The van der Waals surface area contributed by atoms with Gasteiger partial charge in [0, 0.05) is 12.1 Å². The van der Waals surface area contributed by atoms with Gasteiger partial charge >= 0.3 is 5.97 Å². The fraction of sp³-hybridized carbons (Fsp3) is 0.526. The minimum atomic E-state index is -0.381. The van der Waals surface area contributed by atoms with Crippen molar-refractivity contribution in [3.05, 3.63) is 24.3 Å². The van der Waals surface area contributed by atoms with E-state index >= 15 is 0 Å². The van der Waals surface area contributed by atoms with Crippen molar-refractivity contribution in [2.45, 2.75) is 46.5 Å². The standard InChI is InChI=1S/C19H28N2O4S/c1-4-12-25-18(23)10-9-17(22)21-19(26)20-15-5-7-16(8-6-15)24-13-11-14(2)3/h5-8,14H,4,9-13H2,1-3H3,(H2,20,21,22,26). The molecule has 0 unspecified atom stereocenters. The first-order valence-corrected chi connectivity index (χ1v) is 9.30. The van der Waals surface area contributed by atoms with Crippen LogP contribution in [0.1, 0.15) is 46.5 Å². The first-order chi connectivity index (χ1) is 12.4. The van der Waals surface area contributed by atoms with E-state index in [2.05, 4.69) is 24.5 Å². The number of carbonyl (C=O) groups is 2. The lowest BCUT2D eigenvalue weighted by Gasteiger charge is -2.11. The van der Waals surface area contributed by atoms with Crippen LogP contribution in [0.25, 0.3) is 0 Å². The van der Waals surface area contributed by atoms with Gasteiger partial charge in [-0.1, -0.05) is 20.8 Å². The fourth-order valence-corrected chi connectivity index (χ4v) is 2.13. The third-order valence-electron chi connectivity index (χ3n) is 3.35. The molecule has 7 heteroatoms. The van der Waals surface area contributed by atoms with Gasteiger partial charge < -0.3 is 20.1 Å². The van der Waals surface area contributed by atoms with E-state index < -0.39 is 0 Å². The van der Waals surface area contributed by atoms with Gasteiger partial charge in [0.15, 0.2) is 5.11 Å². The van der Waals surface area contributed by atoms with Crippen LogP contribution in [-0.4, -0.2) is 30.2 Å². The van der Waals surface area contributed by atoms with Gasteiger partial charge in [0.25, 0.3) is 0 Å². The van der Waals surface area contributed by atoms with Gasteiger partial charge in [0.1, 0.15) is 5.75 Å². The molecule has 2 N–H and O–H groups in total. The number of amides is 1. The van der Waals surface area contributed by atoms with Crippen LogP contribution in [-0.2, 0) is 14.3 Å². The van der Waals surface area contributed by atoms with Crippen molar-refractivity contribution < 1.29 is 19.1 Å². The van der Waals surface area contributed by atoms with Gasteiger partial charge in [-0.05, 0) is 55.2 Å². The molecule has 0 aliphatic carbocycles. The number of ether oxygens (including phenoxy) is 2. The summed E-state index contributed by atoms with van der Waals surface area (Å²) in [5, 5.41) is 5.65. The number of carbonyl (C=O) groups excluding carboxylic acids is 2. The Morgan fingerprint density at radius 1 is 1.12 bits per heavy atom. The zero-order valence-electron chi connectivity index (χ0n) is 15.7. The summed E-state index contributed by atoms with van der Waals surface area (Å²) in [6.45, 7) is 7.27. The number of hydrogen-bond donors (Lipinski definition) is 2. The highest BCUT2D eigenvalue weighted by atomic mass is 32.1. The van der Waals surface area contributed by atoms with Crippen molar-refractivity contribution >= 4 is 34.9 Å². The summed E-state index contributed by atoms with van der Waals surface area (Å²) in [4.78, 5) is 23.1. The van der Waals surface area contributed by atoms with Crippen LogP contribution in [0, 0.1) is 5.92 Å². The summed E-state index contributed by atoms with van der Waals surface area (Å²) >= 11 is 5.10. The summed E-state index contributed by atoms with van der Waals surface area (Å²) in [6, 6.07) is 7.34. The Labute approximate surface area is 160 Å². The molecule has 0 bridgehead atoms. The maximum Gasteiger partial charge on any atom is 0.306 e. The first-order valence-electron chi connectivity index (χ1n) is 8.90. The molecule has 0 saturated heterocycles. The molecule has 26 heavy (non-hydrogen) atoms. The van der Waals surface area contributed by atoms with E-state index in [9.17, 15) is 9.59 Å². The lowest BCUT2D eigenvalue weighted by atomic mass is 10.1. The Morgan fingerprint density at radius 3 is 2.42 bits per heavy atom. The second-order valence-corrected chi connectivity index (χ2v) is 6.69. The van der Waals surface area contributed by atoms with Gasteiger partial charge in [-0.2, -0.15) is 0 Å². The first kappa shape index (κ1) is 21.9. The molecule has 0 aliphatic rings. The van der Waals surface area contributed by atoms with Gasteiger partial charge in [0.2, 0.25) is 5.91 Å². The second-order valence-electron chi connectivity index (χ2n) is 6.28. The zero-order valence-corrected chi connectivity index (χ0v) is 16.5. The third-order valence-corrected chi connectivity index (χ3v) is 3.56. The highest BCUT2D eigenvalue weighted by Gasteiger charge is 2.09. The van der Waals surface area contributed by atoms with Crippen molar-refractivity contribution in [1.29, 1.82) is 0 Å². The molecule has 144 valence electrons. The summed E-state index contributed by atoms with van der Waals surface area (Å²) in [7, 11) is 0. The van der Waals surface area contributed by atoms with Crippen molar-refractivity contribution in [2.75, 3.05) is 18.5 Å². The Balaban J connectivity index is 2.31. The molecule has 0 fully saturated rings. The van der Waals surface area contributed by atoms with E-state index in [-0.39, 0.29) is 29.8 Å². The van der Waals surface area contributed by atoms with Crippen LogP contribution in [0.5, 0.6) is 5.75 Å². The molecule has 1 aromatic carbocycles. The van der Waals surface area contributed by atoms with Crippen LogP contribution >= 0.6 is 12.2 Å². The number of thiocarbonyl (C=S) groups is 1. The minimum absolute atomic E-state index is 0.0347.